The number of aliphatic hydroxyl groups is 1. The van der Waals surface area contributed by atoms with Crippen molar-refractivity contribution in [1.82, 2.24) is 5.32 Å². The molecule has 1 rings (SSSR count). The normalized spacial score (nSPS) is 15.0. The van der Waals surface area contributed by atoms with Crippen LogP contribution in [0.2, 0.25) is 0 Å². The monoisotopic (exact) mass is 343 g/mol. The molecular weight excluding hydrogens is 327 g/mol. The highest BCUT2D eigenvalue weighted by Crippen LogP contribution is 2.30. The summed E-state index contributed by atoms with van der Waals surface area (Å²) in [7, 11) is 0. The number of hydrogen-bond donors (Lipinski definition) is 3. The fourth-order valence-corrected chi connectivity index (χ4v) is 1.91. The number of nitrogens with zero attached hydrogens (tertiary/aromatic N) is 1. The van der Waals surface area contributed by atoms with E-state index in [0.29, 0.717) is 0 Å². The molecule has 2 amide bonds. The number of carbonyl (C=O) groups is 2. The zero-order valence-corrected chi connectivity index (χ0v) is 12.7. The van der Waals surface area contributed by atoms with Gasteiger partial charge in [-0.15, -0.1) is 0 Å². The van der Waals surface area contributed by atoms with Crippen molar-refractivity contribution in [3.63, 3.8) is 0 Å². The van der Waals surface area contributed by atoms with Gasteiger partial charge in [0.25, 0.3) is 5.91 Å². The van der Waals surface area contributed by atoms with Crippen molar-refractivity contribution in [2.75, 3.05) is 0 Å². The summed E-state index contributed by atoms with van der Waals surface area (Å²) >= 11 is 0. The Morgan fingerprint density at radius 1 is 1.33 bits per heavy atom. The van der Waals surface area contributed by atoms with E-state index < -0.39 is 41.6 Å². The highest BCUT2D eigenvalue weighted by atomic mass is 19.4. The molecule has 0 fully saturated rings. The topological polar surface area (TPSA) is 116 Å². The Bertz CT molecular complexity index is 638. The zero-order chi connectivity index (χ0) is 18.5. The Morgan fingerprint density at radius 3 is 2.29 bits per heavy atom. The lowest BCUT2D eigenvalue weighted by Crippen LogP contribution is -2.46. The third-order valence-corrected chi connectivity index (χ3v) is 3.27. The lowest BCUT2D eigenvalue weighted by atomic mass is 10.0. The third kappa shape index (κ3) is 5.24. The van der Waals surface area contributed by atoms with Gasteiger partial charge >= 0.3 is 6.18 Å². The van der Waals surface area contributed by atoms with Gasteiger partial charge in [0.15, 0.2) is 6.10 Å². The lowest BCUT2D eigenvalue weighted by Gasteiger charge is -2.19. The summed E-state index contributed by atoms with van der Waals surface area (Å²) in [6.45, 7) is 1.52. The molecule has 0 heterocycles. The molecule has 0 saturated heterocycles. The second-order valence-corrected chi connectivity index (χ2v) is 5.25. The molecule has 3 atom stereocenters. The van der Waals surface area contributed by atoms with E-state index in [4.69, 9.17) is 11.0 Å². The highest BCUT2D eigenvalue weighted by Gasteiger charge is 2.31. The fourth-order valence-electron chi connectivity index (χ4n) is 1.91. The maximum absolute atomic E-state index is 12.5. The molecule has 6 nitrogen and oxygen atoms in total. The predicted octanol–water partition coefficient (Wildman–Crippen LogP) is 1.26. The van der Waals surface area contributed by atoms with Gasteiger partial charge in [0.1, 0.15) is 6.04 Å². The number of alkyl halides is 3. The Balaban J connectivity index is 2.83. The van der Waals surface area contributed by atoms with Gasteiger partial charge < -0.3 is 16.2 Å². The van der Waals surface area contributed by atoms with Crippen LogP contribution < -0.4 is 11.1 Å². The smallest absolute Gasteiger partial charge is 0.378 e. The van der Waals surface area contributed by atoms with Crippen LogP contribution >= 0.6 is 0 Å². The quantitative estimate of drug-likeness (QED) is 0.721. The molecule has 0 saturated carbocycles. The SMILES string of the molecule is C[C@H](C#N)C[C@@H](NC(=O)[C@@H](O)c1ccc(C(F)(F)F)cc1)C(N)=O. The molecule has 0 aliphatic carbocycles. The van der Waals surface area contributed by atoms with E-state index in [-0.39, 0.29) is 12.0 Å². The van der Waals surface area contributed by atoms with E-state index in [2.05, 4.69) is 5.32 Å². The molecule has 0 aliphatic heterocycles. The summed E-state index contributed by atoms with van der Waals surface area (Å²) in [6.07, 6.45) is -6.35. The minimum absolute atomic E-state index is 0.0443. The van der Waals surface area contributed by atoms with Crippen molar-refractivity contribution in [2.45, 2.75) is 31.7 Å². The van der Waals surface area contributed by atoms with Gasteiger partial charge in [-0.25, -0.2) is 0 Å². The number of aliphatic hydroxyl groups excluding tert-OH is 1. The first-order valence-corrected chi connectivity index (χ1v) is 6.90. The molecule has 24 heavy (non-hydrogen) atoms. The molecular formula is C15H16F3N3O3. The molecule has 0 unspecified atom stereocenters. The Hall–Kier alpha value is -2.60. The maximum atomic E-state index is 12.5. The van der Waals surface area contributed by atoms with Gasteiger partial charge in [-0.05, 0) is 31.0 Å². The Labute approximate surface area is 136 Å². The average molecular weight is 343 g/mol. The number of nitriles is 1. The molecule has 0 bridgehead atoms. The van der Waals surface area contributed by atoms with Crippen LogP contribution in [0.3, 0.4) is 0 Å². The van der Waals surface area contributed by atoms with Crippen molar-refractivity contribution in [3.05, 3.63) is 35.4 Å². The molecule has 0 aliphatic rings. The second kappa shape index (κ2) is 7.79. The summed E-state index contributed by atoms with van der Waals surface area (Å²) in [6, 6.07) is 4.09. The molecule has 0 radical (unpaired) electrons. The number of hydrogen-bond acceptors (Lipinski definition) is 4. The number of halogens is 3. The largest absolute Gasteiger partial charge is 0.416 e. The van der Waals surface area contributed by atoms with Crippen LogP contribution in [0.15, 0.2) is 24.3 Å². The zero-order valence-electron chi connectivity index (χ0n) is 12.7. The van der Waals surface area contributed by atoms with Crippen molar-refractivity contribution in [3.8, 4) is 6.07 Å². The van der Waals surface area contributed by atoms with E-state index in [9.17, 15) is 27.9 Å². The third-order valence-electron chi connectivity index (χ3n) is 3.27. The van der Waals surface area contributed by atoms with Crippen molar-refractivity contribution >= 4 is 11.8 Å². The summed E-state index contributed by atoms with van der Waals surface area (Å²) in [5.41, 5.74) is 4.13. The van der Waals surface area contributed by atoms with E-state index in [0.717, 1.165) is 24.3 Å². The van der Waals surface area contributed by atoms with Crippen LogP contribution in [0.25, 0.3) is 0 Å². The molecule has 1 aromatic carbocycles. The lowest BCUT2D eigenvalue weighted by molar-refractivity contribution is -0.137. The number of nitrogens with one attached hydrogen (secondary N) is 1. The standard InChI is InChI=1S/C15H16F3N3O3/c1-8(7-19)6-11(13(20)23)21-14(24)12(22)9-2-4-10(5-3-9)15(16,17)18/h2-5,8,11-12,22H,6H2,1H3,(H2,20,23)(H,21,24)/t8-,11+,12-/m0/s1. The van der Waals surface area contributed by atoms with Crippen molar-refractivity contribution in [1.29, 1.82) is 5.26 Å². The summed E-state index contributed by atoms with van der Waals surface area (Å²) < 4.78 is 37.4. The highest BCUT2D eigenvalue weighted by molar-refractivity contribution is 5.89. The molecule has 130 valence electrons. The van der Waals surface area contributed by atoms with E-state index in [1.165, 1.54) is 6.92 Å². The van der Waals surface area contributed by atoms with Crippen LogP contribution in [-0.4, -0.2) is 23.0 Å². The van der Waals surface area contributed by atoms with Crippen LogP contribution in [0, 0.1) is 17.2 Å². The van der Waals surface area contributed by atoms with Crippen molar-refractivity contribution in [2.24, 2.45) is 11.7 Å². The number of amides is 2. The van der Waals surface area contributed by atoms with Gasteiger partial charge in [0.05, 0.1) is 11.6 Å². The average Bonchev–Trinajstić information content (AvgIpc) is 2.52. The fraction of sp³-hybridized carbons (Fsp3) is 0.400. The first-order chi connectivity index (χ1) is 11.1. The van der Waals surface area contributed by atoms with Gasteiger partial charge in [-0.3, -0.25) is 9.59 Å². The number of nitrogens with two attached hydrogens (primary N) is 1. The van der Waals surface area contributed by atoms with E-state index >= 15 is 0 Å². The van der Waals surface area contributed by atoms with E-state index in [1.54, 1.807) is 0 Å². The summed E-state index contributed by atoms with van der Waals surface area (Å²) in [5, 5.41) is 20.8. The van der Waals surface area contributed by atoms with Crippen LogP contribution in [0.5, 0.6) is 0 Å². The minimum atomic E-state index is -4.53. The van der Waals surface area contributed by atoms with Gasteiger partial charge in [-0.1, -0.05) is 12.1 Å². The number of benzene rings is 1. The second-order valence-electron chi connectivity index (χ2n) is 5.25. The summed E-state index contributed by atoms with van der Waals surface area (Å²) in [5.74, 6) is -2.44. The Kier molecular flexibility index (Phi) is 6.31. The molecule has 1 aromatic rings. The molecule has 0 aromatic heterocycles. The first-order valence-electron chi connectivity index (χ1n) is 6.90. The summed E-state index contributed by atoms with van der Waals surface area (Å²) in [4.78, 5) is 23.2. The number of primary amides is 1. The van der Waals surface area contributed by atoms with Gasteiger partial charge in [0, 0.05) is 5.92 Å². The minimum Gasteiger partial charge on any atom is -0.378 e. The van der Waals surface area contributed by atoms with Gasteiger partial charge in [-0.2, -0.15) is 18.4 Å². The Morgan fingerprint density at radius 2 is 1.88 bits per heavy atom. The molecule has 9 heteroatoms. The van der Waals surface area contributed by atoms with Crippen molar-refractivity contribution < 1.29 is 27.9 Å². The van der Waals surface area contributed by atoms with Crippen LogP contribution in [-0.2, 0) is 15.8 Å². The molecule has 0 spiro atoms. The number of carbonyl (C=O) groups excluding carboxylic acids is 2. The van der Waals surface area contributed by atoms with E-state index in [1.807, 2.05) is 6.07 Å². The predicted molar refractivity (Wildman–Crippen MR) is 76.9 cm³/mol. The van der Waals surface area contributed by atoms with Gasteiger partial charge in [0.2, 0.25) is 5.91 Å². The maximum Gasteiger partial charge on any atom is 0.416 e. The van der Waals surface area contributed by atoms with Crippen LogP contribution in [0.4, 0.5) is 13.2 Å². The molecule has 4 N–H and O–H groups in total. The first kappa shape index (κ1) is 19.4. The number of rotatable bonds is 6. The van der Waals surface area contributed by atoms with Crippen LogP contribution in [0.1, 0.15) is 30.6 Å².